The minimum absolute atomic E-state index is 0.686. The number of benzene rings is 1. The molecule has 19 heavy (non-hydrogen) atoms. The lowest BCUT2D eigenvalue weighted by molar-refractivity contribution is 1.13. The van der Waals surface area contributed by atoms with Crippen LogP contribution in [0.5, 0.6) is 0 Å². The van der Waals surface area contributed by atoms with Gasteiger partial charge in [-0.15, -0.1) is 0 Å². The second-order valence-electron chi connectivity index (χ2n) is 4.55. The van der Waals surface area contributed by atoms with Gasteiger partial charge in [0.05, 0.1) is 16.9 Å². The van der Waals surface area contributed by atoms with Crippen molar-refractivity contribution >= 4 is 28.2 Å². The summed E-state index contributed by atoms with van der Waals surface area (Å²) in [6, 6.07) is 8.45. The fraction of sp³-hybridized carbons (Fsp3) is 0.133. The van der Waals surface area contributed by atoms with E-state index in [9.17, 15) is 0 Å². The molecule has 0 fully saturated rings. The minimum Gasteiger partial charge on any atom is -0.379 e. The van der Waals surface area contributed by atoms with Gasteiger partial charge in [0.2, 0.25) is 0 Å². The van der Waals surface area contributed by atoms with Gasteiger partial charge in [0.25, 0.3) is 0 Å². The molecule has 2 heterocycles. The third-order valence-corrected chi connectivity index (χ3v) is 3.64. The van der Waals surface area contributed by atoms with E-state index in [1.165, 1.54) is 10.9 Å². The lowest BCUT2D eigenvalue weighted by Crippen LogP contribution is -2.01. The van der Waals surface area contributed by atoms with Crippen molar-refractivity contribution in [1.82, 2.24) is 9.97 Å². The summed E-state index contributed by atoms with van der Waals surface area (Å²) in [6.45, 7) is 2.74. The van der Waals surface area contributed by atoms with Crippen LogP contribution in [0.3, 0.4) is 0 Å². The number of nitrogens with one attached hydrogen (secondary N) is 2. The van der Waals surface area contributed by atoms with Crippen molar-refractivity contribution < 1.29 is 0 Å². The van der Waals surface area contributed by atoms with Crippen molar-refractivity contribution in [2.45, 2.75) is 13.5 Å². The number of fused-ring (bicyclic) bond motifs is 1. The predicted molar refractivity (Wildman–Crippen MR) is 79.6 cm³/mol. The number of hydrogen-bond acceptors (Lipinski definition) is 2. The molecule has 0 aliphatic carbocycles. The number of anilines is 1. The first-order valence-electron chi connectivity index (χ1n) is 6.14. The van der Waals surface area contributed by atoms with E-state index < -0.39 is 0 Å². The second-order valence-corrected chi connectivity index (χ2v) is 4.95. The van der Waals surface area contributed by atoms with Gasteiger partial charge in [-0.25, -0.2) is 0 Å². The first kappa shape index (κ1) is 12.1. The van der Waals surface area contributed by atoms with Gasteiger partial charge in [-0.3, -0.25) is 4.98 Å². The number of aromatic nitrogens is 2. The normalized spacial score (nSPS) is 10.8. The summed E-state index contributed by atoms with van der Waals surface area (Å²) >= 11 is 6.05. The molecule has 0 amide bonds. The fourth-order valence-electron chi connectivity index (χ4n) is 2.09. The monoisotopic (exact) mass is 271 g/mol. The number of pyridine rings is 1. The maximum Gasteiger partial charge on any atom is 0.0639 e. The first-order chi connectivity index (χ1) is 9.24. The Kier molecular flexibility index (Phi) is 3.13. The number of aromatic amines is 1. The number of H-pyrrole nitrogens is 1. The van der Waals surface area contributed by atoms with Crippen LogP contribution in [0.4, 0.5) is 5.69 Å². The van der Waals surface area contributed by atoms with Crippen molar-refractivity contribution in [2.75, 3.05) is 5.32 Å². The average Bonchev–Trinajstić information content (AvgIpc) is 2.88. The molecule has 0 saturated heterocycles. The van der Waals surface area contributed by atoms with E-state index in [4.69, 9.17) is 11.6 Å². The fourth-order valence-corrected chi connectivity index (χ4v) is 2.25. The zero-order chi connectivity index (χ0) is 13.2. The van der Waals surface area contributed by atoms with Crippen LogP contribution in [0.25, 0.3) is 10.9 Å². The third-order valence-electron chi connectivity index (χ3n) is 3.25. The summed E-state index contributed by atoms with van der Waals surface area (Å²) < 4.78 is 0. The highest BCUT2D eigenvalue weighted by molar-refractivity contribution is 6.31. The van der Waals surface area contributed by atoms with E-state index in [0.717, 1.165) is 23.3 Å². The molecule has 3 nitrogen and oxygen atoms in total. The summed E-state index contributed by atoms with van der Waals surface area (Å²) in [4.78, 5) is 7.29. The summed E-state index contributed by atoms with van der Waals surface area (Å²) in [5, 5.41) is 5.28. The predicted octanol–water partition coefficient (Wildman–Crippen LogP) is 4.14. The molecule has 2 aromatic heterocycles. The number of hydrogen-bond donors (Lipinski definition) is 2. The first-order valence-corrected chi connectivity index (χ1v) is 6.52. The van der Waals surface area contributed by atoms with Crippen LogP contribution in [-0.2, 0) is 6.54 Å². The molecular formula is C15H14ClN3. The highest BCUT2D eigenvalue weighted by Gasteiger charge is 2.03. The molecule has 3 rings (SSSR count). The van der Waals surface area contributed by atoms with E-state index in [2.05, 4.69) is 39.6 Å². The summed E-state index contributed by atoms with van der Waals surface area (Å²) in [5.41, 5.74) is 4.39. The van der Waals surface area contributed by atoms with E-state index in [0.29, 0.717) is 5.02 Å². The van der Waals surface area contributed by atoms with Gasteiger partial charge >= 0.3 is 0 Å². The van der Waals surface area contributed by atoms with Gasteiger partial charge in [0, 0.05) is 24.5 Å². The lowest BCUT2D eigenvalue weighted by atomic mass is 10.1. The number of rotatable bonds is 3. The van der Waals surface area contributed by atoms with Gasteiger partial charge in [-0.05, 0) is 41.6 Å². The maximum atomic E-state index is 6.05. The summed E-state index contributed by atoms with van der Waals surface area (Å²) in [7, 11) is 0. The Balaban J connectivity index is 1.80. The molecular weight excluding hydrogens is 258 g/mol. The van der Waals surface area contributed by atoms with Crippen LogP contribution < -0.4 is 5.32 Å². The Morgan fingerprint density at radius 1 is 1.26 bits per heavy atom. The van der Waals surface area contributed by atoms with E-state index in [1.807, 2.05) is 13.1 Å². The highest BCUT2D eigenvalue weighted by atomic mass is 35.5. The standard InChI is InChI=1S/C15H14ClN3/c1-10-13(16)8-17-9-15(10)19-7-11-2-3-14-12(6-11)4-5-18-14/h2-6,8-9,18-19H,7H2,1H3. The number of halogens is 1. The SMILES string of the molecule is Cc1c(Cl)cncc1NCc1ccc2[nH]ccc2c1. The topological polar surface area (TPSA) is 40.7 Å². The molecule has 4 heteroatoms. The Morgan fingerprint density at radius 3 is 3.05 bits per heavy atom. The van der Waals surface area contributed by atoms with Crippen LogP contribution in [0.1, 0.15) is 11.1 Å². The summed E-state index contributed by atoms with van der Waals surface area (Å²) in [5.74, 6) is 0. The van der Waals surface area contributed by atoms with Crippen molar-refractivity contribution in [1.29, 1.82) is 0 Å². The molecule has 96 valence electrons. The van der Waals surface area contributed by atoms with Crippen molar-refractivity contribution in [3.63, 3.8) is 0 Å². The molecule has 0 aliphatic rings. The largest absolute Gasteiger partial charge is 0.379 e. The number of nitrogens with zero attached hydrogens (tertiary/aromatic N) is 1. The molecule has 3 aromatic rings. The lowest BCUT2D eigenvalue weighted by Gasteiger charge is -2.10. The molecule has 0 atom stereocenters. The van der Waals surface area contributed by atoms with E-state index >= 15 is 0 Å². The Bertz CT molecular complexity index is 718. The van der Waals surface area contributed by atoms with Crippen molar-refractivity contribution in [3.8, 4) is 0 Å². The molecule has 2 N–H and O–H groups in total. The summed E-state index contributed by atoms with van der Waals surface area (Å²) in [6.07, 6.45) is 5.41. The second kappa shape index (κ2) is 4.94. The zero-order valence-corrected chi connectivity index (χ0v) is 11.3. The van der Waals surface area contributed by atoms with E-state index in [1.54, 1.807) is 12.4 Å². The van der Waals surface area contributed by atoms with Gasteiger partial charge in [-0.1, -0.05) is 17.7 Å². The van der Waals surface area contributed by atoms with Crippen molar-refractivity contribution in [3.05, 3.63) is 59.0 Å². The van der Waals surface area contributed by atoms with Crippen LogP contribution in [0.2, 0.25) is 5.02 Å². The Hall–Kier alpha value is -2.00. The molecule has 1 aromatic carbocycles. The molecule has 0 spiro atoms. The quantitative estimate of drug-likeness (QED) is 0.752. The van der Waals surface area contributed by atoms with Gasteiger partial charge in [0.1, 0.15) is 0 Å². The van der Waals surface area contributed by atoms with Crippen LogP contribution in [-0.4, -0.2) is 9.97 Å². The molecule has 0 saturated carbocycles. The average molecular weight is 272 g/mol. The van der Waals surface area contributed by atoms with Crippen molar-refractivity contribution in [2.24, 2.45) is 0 Å². The maximum absolute atomic E-state index is 6.05. The highest BCUT2D eigenvalue weighted by Crippen LogP contribution is 2.22. The van der Waals surface area contributed by atoms with Crippen LogP contribution in [0, 0.1) is 6.92 Å². The minimum atomic E-state index is 0.686. The van der Waals surface area contributed by atoms with Gasteiger partial charge in [-0.2, -0.15) is 0 Å². The van der Waals surface area contributed by atoms with Gasteiger partial charge < -0.3 is 10.3 Å². The Morgan fingerprint density at radius 2 is 2.16 bits per heavy atom. The molecule has 0 unspecified atom stereocenters. The van der Waals surface area contributed by atoms with Crippen LogP contribution >= 0.6 is 11.6 Å². The van der Waals surface area contributed by atoms with Crippen LogP contribution in [0.15, 0.2) is 42.9 Å². The Labute approximate surface area is 116 Å². The smallest absolute Gasteiger partial charge is 0.0639 e. The third kappa shape index (κ3) is 2.42. The zero-order valence-electron chi connectivity index (χ0n) is 10.6. The molecule has 0 aliphatic heterocycles. The van der Waals surface area contributed by atoms with Gasteiger partial charge in [0.15, 0.2) is 0 Å². The molecule has 0 bridgehead atoms. The van der Waals surface area contributed by atoms with E-state index in [-0.39, 0.29) is 0 Å². The molecule has 0 radical (unpaired) electrons.